The summed E-state index contributed by atoms with van der Waals surface area (Å²) >= 11 is 0. The van der Waals surface area contributed by atoms with Crippen LogP contribution in [0.25, 0.3) is 0 Å². The first-order valence-electron chi connectivity index (χ1n) is 8.09. The van der Waals surface area contributed by atoms with E-state index in [-0.39, 0.29) is 5.91 Å². The first-order chi connectivity index (χ1) is 12.2. The number of carbonyl (C=O) groups excluding carboxylic acids is 1. The molecule has 3 nitrogen and oxygen atoms in total. The Bertz CT molecular complexity index is 860. The number of carbonyl (C=O) groups is 1. The van der Waals surface area contributed by atoms with Crippen LogP contribution in [-0.2, 0) is 32.9 Å². The smallest absolute Gasteiger partial charge is 0.325 e. The maximum Gasteiger partial charge on any atom is 0.416 e. The van der Waals surface area contributed by atoms with Crippen molar-refractivity contribution in [3.63, 3.8) is 0 Å². The number of amides is 1. The van der Waals surface area contributed by atoms with Crippen molar-refractivity contribution in [2.45, 2.75) is 30.2 Å². The van der Waals surface area contributed by atoms with Crippen LogP contribution in [0, 0.1) is 0 Å². The Balaban J connectivity index is 1.81. The lowest BCUT2D eigenvalue weighted by Crippen LogP contribution is -2.28. The Morgan fingerprint density at radius 3 is 2.46 bits per heavy atom. The fraction of sp³-hybridized carbons (Fsp3) is 0.316. The molecule has 1 atom stereocenters. The van der Waals surface area contributed by atoms with E-state index >= 15 is 0 Å². The summed E-state index contributed by atoms with van der Waals surface area (Å²) in [4.78, 5) is 12.7. The number of benzene rings is 2. The molecule has 0 aliphatic heterocycles. The van der Waals surface area contributed by atoms with Crippen LogP contribution < -0.4 is 5.32 Å². The summed E-state index contributed by atoms with van der Waals surface area (Å²) in [5, 5.41) is 2.80. The third-order valence-electron chi connectivity index (χ3n) is 4.48. The molecule has 7 heteroatoms. The van der Waals surface area contributed by atoms with E-state index in [0.717, 1.165) is 17.7 Å². The van der Waals surface area contributed by atoms with Crippen molar-refractivity contribution >= 4 is 22.4 Å². The topological polar surface area (TPSA) is 46.2 Å². The van der Waals surface area contributed by atoms with E-state index in [4.69, 9.17) is 0 Å². The molecular weight excluding hydrogens is 363 g/mol. The number of rotatable bonds is 5. The Morgan fingerprint density at radius 2 is 1.85 bits per heavy atom. The Hall–Kier alpha value is -2.15. The molecule has 26 heavy (non-hydrogen) atoms. The lowest BCUT2D eigenvalue weighted by Gasteiger charge is -2.18. The molecule has 3 rings (SSSR count). The second kappa shape index (κ2) is 6.87. The van der Waals surface area contributed by atoms with Gasteiger partial charge in [0.1, 0.15) is 0 Å². The zero-order valence-electron chi connectivity index (χ0n) is 14.1. The van der Waals surface area contributed by atoms with Crippen LogP contribution in [0.15, 0.2) is 48.5 Å². The van der Waals surface area contributed by atoms with Crippen LogP contribution in [0.4, 0.5) is 18.9 Å². The van der Waals surface area contributed by atoms with Gasteiger partial charge in [-0.2, -0.15) is 13.2 Å². The highest BCUT2D eigenvalue weighted by Gasteiger charge is 2.51. The fourth-order valence-electron chi connectivity index (χ4n) is 2.99. The minimum Gasteiger partial charge on any atom is -0.325 e. The summed E-state index contributed by atoms with van der Waals surface area (Å²) < 4.78 is 50.2. The van der Waals surface area contributed by atoms with Gasteiger partial charge in [-0.25, -0.2) is 0 Å². The lowest BCUT2D eigenvalue weighted by atomic mass is 9.93. The Morgan fingerprint density at radius 1 is 1.15 bits per heavy atom. The van der Waals surface area contributed by atoms with Gasteiger partial charge < -0.3 is 5.32 Å². The van der Waals surface area contributed by atoms with Crippen molar-refractivity contribution in [1.82, 2.24) is 0 Å². The number of alkyl halides is 3. The zero-order valence-corrected chi connectivity index (χ0v) is 14.9. The van der Waals surface area contributed by atoms with E-state index in [0.29, 0.717) is 29.8 Å². The summed E-state index contributed by atoms with van der Waals surface area (Å²) in [6.07, 6.45) is -1.82. The molecule has 0 saturated heterocycles. The maximum atomic E-state index is 12.9. The van der Waals surface area contributed by atoms with Gasteiger partial charge >= 0.3 is 6.18 Å². The summed E-state index contributed by atoms with van der Waals surface area (Å²) in [5.74, 6) is 0.0641. The van der Waals surface area contributed by atoms with Crippen molar-refractivity contribution < 1.29 is 22.2 Å². The SMILES string of the molecule is CS(=O)Cc1cccc(NC(=O)C2(c3cccc(C(F)(F)F)c3)CC2)c1. The van der Waals surface area contributed by atoms with Crippen LogP contribution in [0.1, 0.15) is 29.5 Å². The van der Waals surface area contributed by atoms with E-state index in [9.17, 15) is 22.2 Å². The van der Waals surface area contributed by atoms with Gasteiger partial charge in [-0.15, -0.1) is 0 Å². The molecule has 138 valence electrons. The molecule has 1 aliphatic rings. The lowest BCUT2D eigenvalue weighted by molar-refractivity contribution is -0.137. The molecule has 0 radical (unpaired) electrons. The van der Waals surface area contributed by atoms with Crippen molar-refractivity contribution in [1.29, 1.82) is 0 Å². The molecule has 0 spiro atoms. The molecule has 1 N–H and O–H groups in total. The second-order valence-corrected chi connectivity index (χ2v) is 7.97. The van der Waals surface area contributed by atoms with Crippen LogP contribution in [0.2, 0.25) is 0 Å². The van der Waals surface area contributed by atoms with Gasteiger partial charge in [0.25, 0.3) is 0 Å². The predicted octanol–water partition coefficient (Wildman–Crippen LogP) is 4.25. The maximum absolute atomic E-state index is 12.9. The summed E-state index contributed by atoms with van der Waals surface area (Å²) in [5.41, 5.74) is 0.103. The van der Waals surface area contributed by atoms with Gasteiger partial charge in [0, 0.05) is 28.5 Å². The van der Waals surface area contributed by atoms with Gasteiger partial charge in [0.2, 0.25) is 5.91 Å². The minimum atomic E-state index is -4.44. The van der Waals surface area contributed by atoms with Gasteiger partial charge in [-0.1, -0.05) is 30.3 Å². The van der Waals surface area contributed by atoms with E-state index < -0.39 is 28.0 Å². The fourth-order valence-corrected chi connectivity index (χ4v) is 3.64. The van der Waals surface area contributed by atoms with Gasteiger partial charge in [-0.05, 0) is 42.2 Å². The number of hydrogen-bond acceptors (Lipinski definition) is 2. The largest absolute Gasteiger partial charge is 0.416 e. The van der Waals surface area contributed by atoms with Crippen LogP contribution >= 0.6 is 0 Å². The van der Waals surface area contributed by atoms with Gasteiger partial charge in [-0.3, -0.25) is 9.00 Å². The van der Waals surface area contributed by atoms with Crippen molar-refractivity contribution in [3.05, 3.63) is 65.2 Å². The molecule has 2 aromatic rings. The van der Waals surface area contributed by atoms with E-state index in [2.05, 4.69) is 5.32 Å². The molecule has 1 saturated carbocycles. The van der Waals surface area contributed by atoms with Crippen molar-refractivity contribution in [3.8, 4) is 0 Å². The number of hydrogen-bond donors (Lipinski definition) is 1. The number of nitrogens with one attached hydrogen (secondary N) is 1. The van der Waals surface area contributed by atoms with Crippen LogP contribution in [-0.4, -0.2) is 16.4 Å². The average Bonchev–Trinajstić information content (AvgIpc) is 3.36. The molecular formula is C19H18F3NO2S. The molecule has 0 bridgehead atoms. The highest BCUT2D eigenvalue weighted by atomic mass is 32.2. The normalized spacial score (nSPS) is 16.8. The first kappa shape index (κ1) is 18.6. The van der Waals surface area contributed by atoms with Gasteiger partial charge in [0.05, 0.1) is 11.0 Å². The van der Waals surface area contributed by atoms with E-state index in [1.165, 1.54) is 6.07 Å². The zero-order chi connectivity index (χ0) is 18.9. The molecule has 0 heterocycles. The second-order valence-electron chi connectivity index (χ2n) is 6.53. The third-order valence-corrected chi connectivity index (χ3v) is 5.22. The number of anilines is 1. The Kier molecular flexibility index (Phi) is 4.92. The van der Waals surface area contributed by atoms with Crippen LogP contribution in [0.5, 0.6) is 0 Å². The highest BCUT2D eigenvalue weighted by molar-refractivity contribution is 7.83. The standard InChI is InChI=1S/C19H18F3NO2S/c1-26(25)12-13-4-2-7-16(10-13)23-17(24)18(8-9-18)14-5-3-6-15(11-14)19(20,21)22/h2-7,10-11H,8-9,12H2,1H3,(H,23,24). The molecule has 1 fully saturated rings. The molecule has 1 aliphatic carbocycles. The average molecular weight is 381 g/mol. The summed E-state index contributed by atoms with van der Waals surface area (Å²) in [6.45, 7) is 0. The van der Waals surface area contributed by atoms with Crippen molar-refractivity contribution in [2.75, 3.05) is 11.6 Å². The predicted molar refractivity (Wildman–Crippen MR) is 95.2 cm³/mol. The van der Waals surface area contributed by atoms with Gasteiger partial charge in [0.15, 0.2) is 0 Å². The van der Waals surface area contributed by atoms with E-state index in [1.54, 1.807) is 30.5 Å². The quantitative estimate of drug-likeness (QED) is 0.841. The summed E-state index contributed by atoms with van der Waals surface area (Å²) in [6, 6.07) is 12.0. The molecule has 1 amide bonds. The third kappa shape index (κ3) is 3.98. The molecule has 0 aromatic heterocycles. The Labute approximate surface area is 152 Å². The van der Waals surface area contributed by atoms with E-state index in [1.807, 2.05) is 6.07 Å². The molecule has 1 unspecified atom stereocenters. The highest BCUT2D eigenvalue weighted by Crippen LogP contribution is 2.50. The first-order valence-corrected chi connectivity index (χ1v) is 9.82. The van der Waals surface area contributed by atoms with Crippen molar-refractivity contribution in [2.24, 2.45) is 0 Å². The number of halogens is 3. The summed E-state index contributed by atoms with van der Waals surface area (Å²) in [7, 11) is -1.00. The monoisotopic (exact) mass is 381 g/mol. The van der Waals surface area contributed by atoms with Crippen LogP contribution in [0.3, 0.4) is 0 Å². The molecule has 2 aromatic carbocycles. The minimum absolute atomic E-state index is 0.313.